The van der Waals surface area contributed by atoms with Gasteiger partial charge in [0.25, 0.3) is 0 Å². The average Bonchev–Trinajstić information content (AvgIpc) is 2.44. The number of aromatic nitrogens is 5. The largest absolute Gasteiger partial charge is 0.433 e. The molecule has 0 fully saturated rings. The van der Waals surface area contributed by atoms with Gasteiger partial charge in [-0.05, 0) is 6.07 Å². The molecule has 0 radical (unpaired) electrons. The van der Waals surface area contributed by atoms with Crippen LogP contribution in [0.1, 0.15) is 11.5 Å². The Morgan fingerprint density at radius 2 is 1.91 bits per heavy atom. The molecule has 2 heterocycles. The molecule has 0 unspecified atom stereocenters. The van der Waals surface area contributed by atoms with E-state index in [-0.39, 0.29) is 16.9 Å². The van der Waals surface area contributed by atoms with E-state index in [0.717, 1.165) is 24.0 Å². The van der Waals surface area contributed by atoms with Crippen LogP contribution in [0.2, 0.25) is 0 Å². The summed E-state index contributed by atoms with van der Waals surface area (Å²) < 4.78 is 37.7. The number of nitrogen functional groups attached to an aromatic ring is 1. The summed E-state index contributed by atoms with van der Waals surface area (Å²) in [5, 5.41) is -0.0137. The van der Waals surface area contributed by atoms with Crippen LogP contribution in [-0.2, 0) is 11.9 Å². The van der Waals surface area contributed by atoms with Crippen LogP contribution >= 0.6 is 11.8 Å². The summed E-state index contributed by atoms with van der Waals surface area (Å²) in [5.41, 5.74) is 4.58. The van der Waals surface area contributed by atoms with Crippen LogP contribution in [0.15, 0.2) is 17.4 Å². The normalized spacial score (nSPS) is 11.5. The fourth-order valence-electron chi connectivity index (χ4n) is 1.39. The van der Waals surface area contributed by atoms with E-state index >= 15 is 0 Å². The van der Waals surface area contributed by atoms with Gasteiger partial charge in [-0.2, -0.15) is 28.1 Å². The van der Waals surface area contributed by atoms with Crippen LogP contribution in [0.5, 0.6) is 0 Å². The molecular formula is C11H12F3N7S. The highest BCUT2D eigenvalue weighted by Crippen LogP contribution is 2.28. The zero-order valence-electron chi connectivity index (χ0n) is 11.7. The van der Waals surface area contributed by atoms with Crippen LogP contribution in [0.25, 0.3) is 0 Å². The number of halogens is 3. The predicted molar refractivity (Wildman–Crippen MR) is 75.2 cm³/mol. The first kappa shape index (κ1) is 16.2. The van der Waals surface area contributed by atoms with Crippen LogP contribution in [-0.4, -0.2) is 39.0 Å². The number of nitrogens with two attached hydrogens (primary N) is 1. The van der Waals surface area contributed by atoms with Crippen molar-refractivity contribution in [2.45, 2.75) is 17.1 Å². The van der Waals surface area contributed by atoms with Gasteiger partial charge in [0.2, 0.25) is 11.9 Å². The van der Waals surface area contributed by atoms with Gasteiger partial charge in [0, 0.05) is 20.3 Å². The minimum Gasteiger partial charge on any atom is -0.368 e. The van der Waals surface area contributed by atoms with Gasteiger partial charge < -0.3 is 10.6 Å². The van der Waals surface area contributed by atoms with Gasteiger partial charge in [0.15, 0.2) is 5.16 Å². The third-order valence-electron chi connectivity index (χ3n) is 2.34. The van der Waals surface area contributed by atoms with Gasteiger partial charge in [-0.3, -0.25) is 0 Å². The minimum atomic E-state index is -4.51. The quantitative estimate of drug-likeness (QED) is 0.667. The van der Waals surface area contributed by atoms with Crippen molar-refractivity contribution in [2.75, 3.05) is 24.7 Å². The van der Waals surface area contributed by atoms with Crippen LogP contribution < -0.4 is 10.6 Å². The Morgan fingerprint density at radius 1 is 1.18 bits per heavy atom. The Hall–Kier alpha value is -2.17. The van der Waals surface area contributed by atoms with E-state index in [2.05, 4.69) is 24.9 Å². The molecule has 2 aromatic heterocycles. The molecule has 0 aromatic carbocycles. The third-order valence-corrected chi connectivity index (χ3v) is 3.20. The van der Waals surface area contributed by atoms with Crippen molar-refractivity contribution in [1.29, 1.82) is 0 Å². The lowest BCUT2D eigenvalue weighted by Crippen LogP contribution is -2.16. The summed E-state index contributed by atoms with van der Waals surface area (Å²) in [4.78, 5) is 20.9. The van der Waals surface area contributed by atoms with Crippen molar-refractivity contribution in [3.63, 3.8) is 0 Å². The summed E-state index contributed by atoms with van der Waals surface area (Å²) in [6.45, 7) is 0. The summed E-state index contributed by atoms with van der Waals surface area (Å²) in [5.74, 6) is 0.920. The van der Waals surface area contributed by atoms with E-state index < -0.39 is 11.9 Å². The lowest BCUT2D eigenvalue weighted by molar-refractivity contribution is -0.141. The molecule has 0 aliphatic heterocycles. The zero-order chi connectivity index (χ0) is 16.3. The Bertz CT molecular complexity index is 662. The van der Waals surface area contributed by atoms with E-state index in [0.29, 0.717) is 11.8 Å². The average molecular weight is 331 g/mol. The SMILES string of the molecule is CN(C)c1nc(N)nc(CSc2nccc(C(F)(F)F)n2)n1. The molecule has 118 valence electrons. The molecule has 7 nitrogen and oxygen atoms in total. The fourth-order valence-corrected chi connectivity index (χ4v) is 2.07. The van der Waals surface area contributed by atoms with Crippen molar-refractivity contribution in [3.05, 3.63) is 23.8 Å². The number of alkyl halides is 3. The molecule has 22 heavy (non-hydrogen) atoms. The monoisotopic (exact) mass is 331 g/mol. The minimum absolute atomic E-state index is 0.0137. The number of hydrogen-bond acceptors (Lipinski definition) is 8. The molecule has 0 amide bonds. The molecular weight excluding hydrogens is 319 g/mol. The zero-order valence-corrected chi connectivity index (χ0v) is 12.5. The van der Waals surface area contributed by atoms with Gasteiger partial charge in [-0.25, -0.2) is 9.97 Å². The number of thioether (sulfide) groups is 1. The van der Waals surface area contributed by atoms with Gasteiger partial charge in [0.05, 0.1) is 5.75 Å². The number of rotatable bonds is 4. The van der Waals surface area contributed by atoms with Gasteiger partial charge >= 0.3 is 6.18 Å². The highest BCUT2D eigenvalue weighted by molar-refractivity contribution is 7.98. The van der Waals surface area contributed by atoms with Crippen molar-refractivity contribution in [1.82, 2.24) is 24.9 Å². The molecule has 2 rings (SSSR count). The molecule has 0 aliphatic rings. The number of nitrogens with zero attached hydrogens (tertiary/aromatic N) is 6. The molecule has 2 aromatic rings. The number of anilines is 2. The topological polar surface area (TPSA) is 93.7 Å². The lowest BCUT2D eigenvalue weighted by atomic mass is 10.4. The predicted octanol–water partition coefficient (Wildman–Crippen LogP) is 1.62. The maximum absolute atomic E-state index is 12.6. The number of hydrogen-bond donors (Lipinski definition) is 1. The summed E-state index contributed by atoms with van der Waals surface area (Å²) in [7, 11) is 3.48. The Kier molecular flexibility index (Phi) is 4.64. The van der Waals surface area contributed by atoms with E-state index in [1.165, 1.54) is 0 Å². The van der Waals surface area contributed by atoms with Gasteiger partial charge in [-0.1, -0.05) is 11.8 Å². The molecule has 0 atom stereocenters. The summed E-state index contributed by atoms with van der Waals surface area (Å²) in [6, 6.07) is 0.815. The summed E-state index contributed by atoms with van der Waals surface area (Å²) >= 11 is 0.984. The Morgan fingerprint density at radius 3 is 2.55 bits per heavy atom. The second-order valence-electron chi connectivity index (χ2n) is 4.32. The smallest absolute Gasteiger partial charge is 0.368 e. The molecule has 11 heteroatoms. The highest BCUT2D eigenvalue weighted by Gasteiger charge is 2.32. The second kappa shape index (κ2) is 6.30. The Labute approximate surface area is 128 Å². The van der Waals surface area contributed by atoms with Crippen LogP contribution in [0.3, 0.4) is 0 Å². The maximum atomic E-state index is 12.6. The van der Waals surface area contributed by atoms with E-state index in [9.17, 15) is 13.2 Å². The van der Waals surface area contributed by atoms with E-state index in [1.807, 2.05) is 0 Å². The lowest BCUT2D eigenvalue weighted by Gasteiger charge is -2.11. The maximum Gasteiger partial charge on any atom is 0.433 e. The van der Waals surface area contributed by atoms with Crippen molar-refractivity contribution in [3.8, 4) is 0 Å². The first-order valence-corrected chi connectivity index (χ1v) is 6.95. The molecule has 0 spiro atoms. The van der Waals surface area contributed by atoms with Crippen LogP contribution in [0, 0.1) is 0 Å². The standard InChI is InChI=1S/C11H12F3N7S/c1-21(2)9-19-7(18-8(15)20-9)5-22-10-16-4-3-6(17-10)11(12,13)14/h3-4H,5H2,1-2H3,(H2,15,18,19,20). The molecule has 0 saturated carbocycles. The first-order valence-electron chi connectivity index (χ1n) is 5.96. The summed E-state index contributed by atoms with van der Waals surface area (Å²) in [6.07, 6.45) is -3.45. The molecule has 0 saturated heterocycles. The highest BCUT2D eigenvalue weighted by atomic mass is 32.2. The van der Waals surface area contributed by atoms with E-state index in [1.54, 1.807) is 19.0 Å². The second-order valence-corrected chi connectivity index (χ2v) is 5.26. The van der Waals surface area contributed by atoms with Crippen molar-refractivity contribution < 1.29 is 13.2 Å². The first-order chi connectivity index (χ1) is 10.3. The van der Waals surface area contributed by atoms with Crippen molar-refractivity contribution >= 4 is 23.7 Å². The third kappa shape index (κ3) is 4.16. The van der Waals surface area contributed by atoms with Crippen molar-refractivity contribution in [2.24, 2.45) is 0 Å². The van der Waals surface area contributed by atoms with Crippen LogP contribution in [0.4, 0.5) is 25.1 Å². The van der Waals surface area contributed by atoms with Gasteiger partial charge in [-0.15, -0.1) is 0 Å². The molecule has 0 bridgehead atoms. The molecule has 2 N–H and O–H groups in total. The van der Waals surface area contributed by atoms with E-state index in [4.69, 9.17) is 5.73 Å². The Balaban J connectivity index is 2.14. The van der Waals surface area contributed by atoms with Gasteiger partial charge in [0.1, 0.15) is 11.5 Å². The molecule has 0 aliphatic carbocycles. The fraction of sp³-hybridized carbons (Fsp3) is 0.364.